The average Bonchev–Trinajstić information content (AvgIpc) is 2.62. The maximum atomic E-state index is 12.2. The van der Waals surface area contributed by atoms with Gasteiger partial charge in [-0.15, -0.1) is 0 Å². The van der Waals surface area contributed by atoms with Crippen LogP contribution in [0, 0.1) is 0 Å². The maximum Gasteiger partial charge on any atom is 0.273 e. The number of ether oxygens (including phenoxy) is 2. The van der Waals surface area contributed by atoms with Gasteiger partial charge in [-0.05, 0) is 17.7 Å². The first kappa shape index (κ1) is 17.4. The molecule has 1 atom stereocenters. The lowest BCUT2D eigenvalue weighted by molar-refractivity contribution is -0.131. The van der Waals surface area contributed by atoms with Crippen molar-refractivity contribution in [2.45, 2.75) is 6.10 Å². The number of rotatable bonds is 8. The van der Waals surface area contributed by atoms with Gasteiger partial charge in [0.1, 0.15) is 12.4 Å². The molecular formula is C19H20N2O3. The molecule has 0 radical (unpaired) electrons. The van der Waals surface area contributed by atoms with Crippen molar-refractivity contribution in [3.63, 3.8) is 0 Å². The maximum absolute atomic E-state index is 12.2. The normalized spacial score (nSPS) is 11.9. The van der Waals surface area contributed by atoms with Crippen LogP contribution in [0.5, 0.6) is 5.75 Å². The molecule has 0 aliphatic rings. The molecule has 124 valence electrons. The van der Waals surface area contributed by atoms with Crippen LogP contribution in [0.1, 0.15) is 17.2 Å². The first-order chi connectivity index (χ1) is 11.8. The van der Waals surface area contributed by atoms with Crippen molar-refractivity contribution in [1.82, 2.24) is 5.43 Å². The summed E-state index contributed by atoms with van der Waals surface area (Å²) in [5.74, 6) is 0.325. The number of para-hydroxylation sites is 1. The van der Waals surface area contributed by atoms with Crippen LogP contribution < -0.4 is 10.2 Å². The third kappa shape index (κ3) is 4.79. The molecule has 2 aromatic rings. The minimum absolute atomic E-state index is 0.343. The Kier molecular flexibility index (Phi) is 6.73. The van der Waals surface area contributed by atoms with Gasteiger partial charge < -0.3 is 9.47 Å². The molecule has 0 saturated carbocycles. The lowest BCUT2D eigenvalue weighted by Gasteiger charge is -2.13. The van der Waals surface area contributed by atoms with E-state index in [1.165, 1.54) is 13.3 Å². The number of hydrazone groups is 1. The Morgan fingerprint density at radius 1 is 1.21 bits per heavy atom. The fourth-order valence-corrected chi connectivity index (χ4v) is 2.11. The highest BCUT2D eigenvalue weighted by molar-refractivity contribution is 5.86. The second-order valence-corrected chi connectivity index (χ2v) is 4.90. The molecule has 1 amide bonds. The SMILES string of the molecule is C=CCOc1ccccc1/C=N\NC(=O)[C@H](OC)c1ccccc1. The van der Waals surface area contributed by atoms with Gasteiger partial charge in [0.25, 0.3) is 5.91 Å². The van der Waals surface area contributed by atoms with E-state index in [-0.39, 0.29) is 5.91 Å². The topological polar surface area (TPSA) is 59.9 Å². The Hall–Kier alpha value is -2.92. The fraction of sp³-hybridized carbons (Fsp3) is 0.158. The molecule has 1 N–H and O–H groups in total. The third-order valence-corrected chi connectivity index (χ3v) is 3.23. The summed E-state index contributed by atoms with van der Waals surface area (Å²) >= 11 is 0. The molecule has 5 heteroatoms. The number of hydrogen-bond acceptors (Lipinski definition) is 4. The lowest BCUT2D eigenvalue weighted by Crippen LogP contribution is -2.26. The van der Waals surface area contributed by atoms with Crippen molar-refractivity contribution in [3.8, 4) is 5.75 Å². The standard InChI is InChI=1S/C19H20N2O3/c1-3-13-24-17-12-8-7-11-16(17)14-20-21-19(22)18(23-2)15-9-5-4-6-10-15/h3-12,14,18H,1,13H2,2H3,(H,21,22)/b20-14-/t18-/m1/s1. The Balaban J connectivity index is 2.03. The number of methoxy groups -OCH3 is 1. The minimum Gasteiger partial charge on any atom is -0.489 e. The summed E-state index contributed by atoms with van der Waals surface area (Å²) < 4.78 is 10.8. The van der Waals surface area contributed by atoms with Gasteiger partial charge >= 0.3 is 0 Å². The number of nitrogens with zero attached hydrogens (tertiary/aromatic N) is 1. The molecular weight excluding hydrogens is 304 g/mol. The summed E-state index contributed by atoms with van der Waals surface area (Å²) in [6.45, 7) is 4.02. The van der Waals surface area contributed by atoms with E-state index in [1.54, 1.807) is 6.08 Å². The quantitative estimate of drug-likeness (QED) is 0.461. The molecule has 0 bridgehead atoms. The van der Waals surface area contributed by atoms with Crippen LogP contribution in [0.15, 0.2) is 72.4 Å². The van der Waals surface area contributed by atoms with Gasteiger partial charge in [0.15, 0.2) is 6.10 Å². The van der Waals surface area contributed by atoms with E-state index in [1.807, 2.05) is 54.6 Å². The van der Waals surface area contributed by atoms with Crippen LogP contribution in [0.2, 0.25) is 0 Å². The van der Waals surface area contributed by atoms with E-state index in [4.69, 9.17) is 9.47 Å². The van der Waals surface area contributed by atoms with Crippen molar-refractivity contribution in [1.29, 1.82) is 0 Å². The first-order valence-electron chi connectivity index (χ1n) is 7.49. The van der Waals surface area contributed by atoms with Crippen molar-refractivity contribution in [3.05, 3.63) is 78.4 Å². The summed E-state index contributed by atoms with van der Waals surface area (Å²) in [6, 6.07) is 16.7. The van der Waals surface area contributed by atoms with Gasteiger partial charge in [-0.3, -0.25) is 4.79 Å². The largest absolute Gasteiger partial charge is 0.489 e. The van der Waals surface area contributed by atoms with Gasteiger partial charge in [-0.1, -0.05) is 55.1 Å². The van der Waals surface area contributed by atoms with Crippen LogP contribution in [0.25, 0.3) is 0 Å². The van der Waals surface area contributed by atoms with Crippen molar-refractivity contribution in [2.24, 2.45) is 5.10 Å². The van der Waals surface area contributed by atoms with E-state index >= 15 is 0 Å². The number of carbonyl (C=O) groups is 1. The Morgan fingerprint density at radius 3 is 2.62 bits per heavy atom. The lowest BCUT2D eigenvalue weighted by atomic mass is 10.1. The smallest absolute Gasteiger partial charge is 0.273 e. The number of hydrogen-bond donors (Lipinski definition) is 1. The zero-order valence-corrected chi connectivity index (χ0v) is 13.5. The summed E-state index contributed by atoms with van der Waals surface area (Å²) in [5, 5.41) is 3.99. The van der Waals surface area contributed by atoms with Crippen LogP contribution in [-0.2, 0) is 9.53 Å². The molecule has 0 aromatic heterocycles. The highest BCUT2D eigenvalue weighted by Gasteiger charge is 2.19. The second kappa shape index (κ2) is 9.27. The van der Waals surface area contributed by atoms with Gasteiger partial charge in [0.05, 0.1) is 6.21 Å². The highest BCUT2D eigenvalue weighted by Crippen LogP contribution is 2.17. The summed E-state index contributed by atoms with van der Waals surface area (Å²) in [5.41, 5.74) is 4.02. The first-order valence-corrected chi connectivity index (χ1v) is 7.49. The molecule has 0 spiro atoms. The summed E-state index contributed by atoms with van der Waals surface area (Å²) in [7, 11) is 1.49. The zero-order valence-electron chi connectivity index (χ0n) is 13.5. The van der Waals surface area contributed by atoms with Gasteiger partial charge in [-0.25, -0.2) is 5.43 Å². The number of nitrogens with one attached hydrogen (secondary N) is 1. The Morgan fingerprint density at radius 2 is 1.92 bits per heavy atom. The highest BCUT2D eigenvalue weighted by atomic mass is 16.5. The number of amides is 1. The molecule has 2 aromatic carbocycles. The van der Waals surface area contributed by atoms with Crippen molar-refractivity contribution >= 4 is 12.1 Å². The monoisotopic (exact) mass is 324 g/mol. The van der Waals surface area contributed by atoms with E-state index in [2.05, 4.69) is 17.1 Å². The Labute approximate surface area is 141 Å². The minimum atomic E-state index is -0.712. The summed E-state index contributed by atoms with van der Waals surface area (Å²) in [6.07, 6.45) is 2.49. The van der Waals surface area contributed by atoms with Gasteiger partial charge in [-0.2, -0.15) is 5.10 Å². The van der Waals surface area contributed by atoms with E-state index in [0.29, 0.717) is 12.4 Å². The molecule has 0 fully saturated rings. The molecule has 0 heterocycles. The molecule has 0 unspecified atom stereocenters. The molecule has 5 nitrogen and oxygen atoms in total. The predicted octanol–water partition coefficient (Wildman–Crippen LogP) is 3.09. The Bertz CT molecular complexity index is 699. The number of benzene rings is 2. The molecule has 2 rings (SSSR count). The van der Waals surface area contributed by atoms with E-state index in [0.717, 1.165) is 11.1 Å². The predicted molar refractivity (Wildman–Crippen MR) is 94.1 cm³/mol. The molecule has 24 heavy (non-hydrogen) atoms. The van der Waals surface area contributed by atoms with Gasteiger partial charge in [0, 0.05) is 12.7 Å². The van der Waals surface area contributed by atoms with Crippen molar-refractivity contribution in [2.75, 3.05) is 13.7 Å². The van der Waals surface area contributed by atoms with Gasteiger partial charge in [0.2, 0.25) is 0 Å². The third-order valence-electron chi connectivity index (χ3n) is 3.23. The molecule has 0 saturated heterocycles. The van der Waals surface area contributed by atoms with Crippen LogP contribution in [0.4, 0.5) is 0 Å². The van der Waals surface area contributed by atoms with E-state index < -0.39 is 6.10 Å². The fourth-order valence-electron chi connectivity index (χ4n) is 2.11. The van der Waals surface area contributed by atoms with Crippen molar-refractivity contribution < 1.29 is 14.3 Å². The summed E-state index contributed by atoms with van der Waals surface area (Å²) in [4.78, 5) is 12.2. The van der Waals surface area contributed by atoms with Crippen LogP contribution >= 0.6 is 0 Å². The van der Waals surface area contributed by atoms with Crippen LogP contribution in [-0.4, -0.2) is 25.8 Å². The molecule has 0 aliphatic carbocycles. The molecule has 0 aliphatic heterocycles. The van der Waals surface area contributed by atoms with E-state index in [9.17, 15) is 4.79 Å². The van der Waals surface area contributed by atoms with Crippen LogP contribution in [0.3, 0.4) is 0 Å². The average molecular weight is 324 g/mol. The number of carbonyl (C=O) groups excluding carboxylic acids is 1. The second-order valence-electron chi connectivity index (χ2n) is 4.90. The zero-order chi connectivity index (χ0) is 17.2.